The summed E-state index contributed by atoms with van der Waals surface area (Å²) in [5.74, 6) is -0.485. The average Bonchev–Trinajstić information content (AvgIpc) is 3.49. The summed E-state index contributed by atoms with van der Waals surface area (Å²) in [6.07, 6.45) is 4.24. The number of hydrogen-bond donors (Lipinski definition) is 1. The number of rotatable bonds is 12. The van der Waals surface area contributed by atoms with Gasteiger partial charge in [0.1, 0.15) is 18.3 Å². The van der Waals surface area contributed by atoms with Gasteiger partial charge in [-0.2, -0.15) is 0 Å². The van der Waals surface area contributed by atoms with Gasteiger partial charge in [0.25, 0.3) is 10.0 Å². The first kappa shape index (κ1) is 32.4. The van der Waals surface area contributed by atoms with Crippen molar-refractivity contribution in [2.75, 3.05) is 18.0 Å². The Morgan fingerprint density at radius 1 is 1.00 bits per heavy atom. The van der Waals surface area contributed by atoms with Crippen molar-refractivity contribution in [2.45, 2.75) is 76.4 Å². The number of carbonyl (C=O) groups is 2. The molecule has 0 aromatic heterocycles. The number of nitrogens with one attached hydrogen (secondary N) is 1. The molecule has 0 heterocycles. The van der Waals surface area contributed by atoms with Gasteiger partial charge in [0, 0.05) is 17.6 Å². The summed E-state index contributed by atoms with van der Waals surface area (Å²) in [5, 5.41) is 3.57. The summed E-state index contributed by atoms with van der Waals surface area (Å²) in [4.78, 5) is 29.5. The standard InChI is InChI=1S/C33H40ClN3O5S/c1-5-29(33(39)35-26-11-7-8-12-26)36(21-25-10-6-9-13-28(25)34)32(38)22-37(30-20-24(3)16-19-31(30)42-4)43(40,41)27-17-14-23(2)15-18-27/h6,9-10,13-20,26,29H,5,7-8,11-12,21-22H2,1-4H3,(H,35,39)/t29-/m0/s1. The normalized spacial score (nSPS) is 14.3. The van der Waals surface area contributed by atoms with E-state index < -0.39 is 28.5 Å². The van der Waals surface area contributed by atoms with E-state index in [0.717, 1.165) is 41.1 Å². The Morgan fingerprint density at radius 3 is 2.28 bits per heavy atom. The number of sulfonamides is 1. The molecule has 1 fully saturated rings. The van der Waals surface area contributed by atoms with Crippen molar-refractivity contribution in [2.24, 2.45) is 0 Å². The van der Waals surface area contributed by atoms with Crippen LogP contribution in [0.1, 0.15) is 55.7 Å². The molecule has 2 amide bonds. The van der Waals surface area contributed by atoms with Gasteiger partial charge in [0.05, 0.1) is 17.7 Å². The van der Waals surface area contributed by atoms with Gasteiger partial charge in [0.15, 0.2) is 0 Å². The Labute approximate surface area is 260 Å². The van der Waals surface area contributed by atoms with E-state index in [1.807, 2.05) is 32.9 Å². The number of nitrogens with zero attached hydrogens (tertiary/aromatic N) is 2. The fourth-order valence-corrected chi connectivity index (χ4v) is 7.05. The fraction of sp³-hybridized carbons (Fsp3) is 0.394. The number of carbonyl (C=O) groups excluding carboxylic acids is 2. The van der Waals surface area contributed by atoms with Gasteiger partial charge < -0.3 is 15.0 Å². The number of anilines is 1. The van der Waals surface area contributed by atoms with E-state index in [-0.39, 0.29) is 29.1 Å². The molecule has 1 N–H and O–H groups in total. The van der Waals surface area contributed by atoms with Crippen LogP contribution in [0.5, 0.6) is 5.75 Å². The molecule has 8 nitrogen and oxygen atoms in total. The smallest absolute Gasteiger partial charge is 0.264 e. The van der Waals surface area contributed by atoms with Gasteiger partial charge in [-0.3, -0.25) is 13.9 Å². The average molecular weight is 626 g/mol. The van der Waals surface area contributed by atoms with E-state index in [0.29, 0.717) is 22.8 Å². The van der Waals surface area contributed by atoms with Crippen LogP contribution in [0.25, 0.3) is 0 Å². The molecule has 1 aliphatic rings. The van der Waals surface area contributed by atoms with Crippen molar-refractivity contribution in [3.63, 3.8) is 0 Å². The van der Waals surface area contributed by atoms with Crippen LogP contribution < -0.4 is 14.4 Å². The lowest BCUT2D eigenvalue weighted by Crippen LogP contribution is -2.53. The molecule has 0 radical (unpaired) electrons. The molecule has 43 heavy (non-hydrogen) atoms. The molecule has 0 aliphatic heterocycles. The molecule has 1 aliphatic carbocycles. The third kappa shape index (κ3) is 7.70. The quantitative estimate of drug-likeness (QED) is 0.265. The molecule has 0 bridgehead atoms. The summed E-state index contributed by atoms with van der Waals surface area (Å²) < 4.78 is 35.0. The molecule has 3 aromatic rings. The number of hydrogen-bond acceptors (Lipinski definition) is 5. The minimum Gasteiger partial charge on any atom is -0.495 e. The highest BCUT2D eigenvalue weighted by molar-refractivity contribution is 7.92. The summed E-state index contributed by atoms with van der Waals surface area (Å²) >= 11 is 6.50. The lowest BCUT2D eigenvalue weighted by molar-refractivity contribution is -0.140. The highest BCUT2D eigenvalue weighted by atomic mass is 35.5. The maximum Gasteiger partial charge on any atom is 0.264 e. The van der Waals surface area contributed by atoms with Crippen LogP contribution in [0.2, 0.25) is 5.02 Å². The first-order valence-corrected chi connectivity index (χ1v) is 16.4. The van der Waals surface area contributed by atoms with Gasteiger partial charge >= 0.3 is 0 Å². The van der Waals surface area contributed by atoms with Gasteiger partial charge in [-0.05, 0) is 74.6 Å². The van der Waals surface area contributed by atoms with Gasteiger partial charge in [-0.25, -0.2) is 8.42 Å². The molecule has 1 saturated carbocycles. The number of benzene rings is 3. The van der Waals surface area contributed by atoms with Gasteiger partial charge in [-0.15, -0.1) is 0 Å². The van der Waals surface area contributed by atoms with Crippen LogP contribution in [-0.2, 0) is 26.2 Å². The third-order valence-electron chi connectivity index (χ3n) is 7.88. The minimum atomic E-state index is -4.22. The van der Waals surface area contributed by atoms with Crippen LogP contribution in [0.3, 0.4) is 0 Å². The Morgan fingerprint density at radius 2 is 1.65 bits per heavy atom. The van der Waals surface area contributed by atoms with E-state index >= 15 is 0 Å². The molecule has 0 saturated heterocycles. The number of aryl methyl sites for hydroxylation is 2. The Bertz CT molecular complexity index is 1540. The van der Waals surface area contributed by atoms with Crippen LogP contribution in [0.4, 0.5) is 5.69 Å². The van der Waals surface area contributed by atoms with Crippen molar-refractivity contribution in [1.82, 2.24) is 10.2 Å². The monoisotopic (exact) mass is 625 g/mol. The summed E-state index contributed by atoms with van der Waals surface area (Å²) in [5.41, 5.74) is 2.59. The first-order valence-electron chi connectivity index (χ1n) is 14.6. The molecule has 4 rings (SSSR count). The molecule has 3 aromatic carbocycles. The largest absolute Gasteiger partial charge is 0.495 e. The molecular formula is C33H40ClN3O5S. The summed E-state index contributed by atoms with van der Waals surface area (Å²) in [6, 6.07) is 18.0. The minimum absolute atomic E-state index is 0.0399. The van der Waals surface area contributed by atoms with E-state index in [9.17, 15) is 18.0 Å². The van der Waals surface area contributed by atoms with Crippen molar-refractivity contribution in [1.29, 1.82) is 0 Å². The van der Waals surface area contributed by atoms with Crippen LogP contribution in [0.15, 0.2) is 71.6 Å². The van der Waals surface area contributed by atoms with Crippen molar-refractivity contribution < 1.29 is 22.7 Å². The Balaban J connectivity index is 1.77. The van der Waals surface area contributed by atoms with Crippen molar-refractivity contribution in [3.05, 3.63) is 88.4 Å². The second-order valence-electron chi connectivity index (χ2n) is 11.0. The third-order valence-corrected chi connectivity index (χ3v) is 10.0. The molecule has 1 atom stereocenters. The topological polar surface area (TPSA) is 96.0 Å². The molecule has 10 heteroatoms. The lowest BCUT2D eigenvalue weighted by Gasteiger charge is -2.34. The van der Waals surface area contributed by atoms with Crippen LogP contribution >= 0.6 is 11.6 Å². The number of amides is 2. The van der Waals surface area contributed by atoms with Gasteiger partial charge in [-0.1, -0.05) is 73.3 Å². The molecular weight excluding hydrogens is 586 g/mol. The molecule has 230 valence electrons. The maximum absolute atomic E-state index is 14.4. The second-order valence-corrected chi connectivity index (χ2v) is 13.3. The Kier molecular flexibility index (Phi) is 10.7. The SMILES string of the molecule is CC[C@@H](C(=O)NC1CCCC1)N(Cc1ccccc1Cl)C(=O)CN(c1cc(C)ccc1OC)S(=O)(=O)c1ccc(C)cc1. The zero-order valence-corrected chi connectivity index (χ0v) is 26.7. The summed E-state index contributed by atoms with van der Waals surface area (Å²) in [7, 11) is -2.77. The lowest BCUT2D eigenvalue weighted by atomic mass is 10.1. The predicted molar refractivity (Wildman–Crippen MR) is 170 cm³/mol. The predicted octanol–water partition coefficient (Wildman–Crippen LogP) is 6.03. The van der Waals surface area contributed by atoms with E-state index in [4.69, 9.17) is 16.3 Å². The number of halogens is 1. The zero-order chi connectivity index (χ0) is 31.1. The van der Waals surface area contributed by atoms with Crippen molar-refractivity contribution >= 4 is 39.1 Å². The Hall–Kier alpha value is -3.56. The molecule has 0 spiro atoms. The van der Waals surface area contributed by atoms with E-state index in [1.54, 1.807) is 42.5 Å². The zero-order valence-electron chi connectivity index (χ0n) is 25.2. The van der Waals surface area contributed by atoms with E-state index in [2.05, 4.69) is 5.32 Å². The molecule has 0 unspecified atom stereocenters. The first-order chi connectivity index (χ1) is 20.5. The van der Waals surface area contributed by atoms with Crippen molar-refractivity contribution in [3.8, 4) is 5.75 Å². The maximum atomic E-state index is 14.4. The summed E-state index contributed by atoms with van der Waals surface area (Å²) in [6.45, 7) is 5.04. The van der Waals surface area contributed by atoms with Crippen LogP contribution in [-0.4, -0.2) is 50.9 Å². The fourth-order valence-electron chi connectivity index (χ4n) is 5.44. The second kappa shape index (κ2) is 14.3. The number of ether oxygens (including phenoxy) is 1. The van der Waals surface area contributed by atoms with Crippen LogP contribution in [0, 0.1) is 13.8 Å². The van der Waals surface area contributed by atoms with E-state index in [1.165, 1.54) is 24.1 Å². The van der Waals surface area contributed by atoms with Gasteiger partial charge in [0.2, 0.25) is 11.8 Å². The highest BCUT2D eigenvalue weighted by Crippen LogP contribution is 2.34. The number of methoxy groups -OCH3 is 1. The highest BCUT2D eigenvalue weighted by Gasteiger charge is 2.35.